The maximum Gasteiger partial charge on any atom is 0.229 e. The predicted molar refractivity (Wildman–Crippen MR) is 158 cm³/mol. The van der Waals surface area contributed by atoms with Crippen molar-refractivity contribution in [3.05, 3.63) is 119 Å². The van der Waals surface area contributed by atoms with Gasteiger partial charge in [-0.05, 0) is 61.2 Å². The van der Waals surface area contributed by atoms with Gasteiger partial charge in [0.1, 0.15) is 24.0 Å². The molecule has 0 saturated heterocycles. The van der Waals surface area contributed by atoms with E-state index in [1.165, 1.54) is 5.56 Å². The molecule has 0 amide bonds. The Kier molecular flexibility index (Phi) is 6.25. The molecule has 5 aromatic rings. The van der Waals surface area contributed by atoms with Crippen LogP contribution >= 0.6 is 11.3 Å². The van der Waals surface area contributed by atoms with Crippen molar-refractivity contribution < 1.29 is 9.47 Å². The van der Waals surface area contributed by atoms with Gasteiger partial charge in [0, 0.05) is 36.2 Å². The first kappa shape index (κ1) is 24.2. The van der Waals surface area contributed by atoms with Crippen molar-refractivity contribution in [1.82, 2.24) is 24.5 Å². The Labute approximate surface area is 235 Å². The van der Waals surface area contributed by atoms with E-state index in [1.54, 1.807) is 23.9 Å². The number of rotatable bonds is 7. The minimum atomic E-state index is 0.525. The van der Waals surface area contributed by atoms with Gasteiger partial charge in [-0.3, -0.25) is 0 Å². The normalized spacial score (nSPS) is 14.8. The molecule has 2 N–H and O–H groups in total. The van der Waals surface area contributed by atoms with E-state index >= 15 is 0 Å². The second-order valence-corrected chi connectivity index (χ2v) is 10.7. The summed E-state index contributed by atoms with van der Waals surface area (Å²) >= 11 is 1.61. The van der Waals surface area contributed by atoms with Crippen LogP contribution in [0.4, 0.5) is 11.6 Å². The monoisotopic (exact) mass is 546 g/mol. The van der Waals surface area contributed by atoms with Gasteiger partial charge in [0.05, 0.1) is 15.4 Å². The molecule has 2 aliphatic rings. The number of thiophene rings is 1. The lowest BCUT2D eigenvalue weighted by Gasteiger charge is -2.18. The highest BCUT2D eigenvalue weighted by molar-refractivity contribution is 7.16. The molecular weight excluding hydrogens is 520 g/mol. The molecule has 40 heavy (non-hydrogen) atoms. The Hall–Kier alpha value is -4.89. The summed E-state index contributed by atoms with van der Waals surface area (Å²) in [5, 5.41) is 4.33. The number of anilines is 2. The minimum Gasteiger partial charge on any atom is -0.465 e. The fourth-order valence-electron chi connectivity index (χ4n) is 4.75. The topological polar surface area (TPSA) is 89.9 Å². The molecule has 1 aromatic carbocycles. The van der Waals surface area contributed by atoms with E-state index in [4.69, 9.17) is 19.4 Å². The summed E-state index contributed by atoms with van der Waals surface area (Å²) in [6.45, 7) is 2.78. The van der Waals surface area contributed by atoms with E-state index in [9.17, 15) is 0 Å². The molecule has 1 aliphatic heterocycles. The van der Waals surface area contributed by atoms with Crippen LogP contribution in [-0.4, -0.2) is 24.5 Å². The molecule has 0 unspecified atom stereocenters. The molecule has 0 radical (unpaired) electrons. The summed E-state index contributed by atoms with van der Waals surface area (Å²) in [6.07, 6.45) is 17.2. The molecule has 198 valence electrons. The fourth-order valence-corrected chi connectivity index (χ4v) is 5.71. The number of fused-ring (bicyclic) bond motifs is 1. The van der Waals surface area contributed by atoms with Gasteiger partial charge < -0.3 is 24.3 Å². The first-order valence-electron chi connectivity index (χ1n) is 13.1. The summed E-state index contributed by atoms with van der Waals surface area (Å²) in [5.41, 5.74) is 4.87. The van der Waals surface area contributed by atoms with Gasteiger partial charge in [0.25, 0.3) is 0 Å². The number of ether oxygens (including phenoxy) is 2. The summed E-state index contributed by atoms with van der Waals surface area (Å²) in [5.74, 6) is 2.96. The van der Waals surface area contributed by atoms with Crippen molar-refractivity contribution in [2.45, 2.75) is 26.3 Å². The standard InChI is InChI=1S/C31H26N6O2S/c1-20-32-15-16-37(20)17-21-7-9-23(10-8-21)34-31-35-29(24-13-14-33-30(24)36-31)28-12-11-27(40-28)26-19-38-18-25(39-26)22-5-3-2-4-6-22/h2-3,5,7-16,18-19H,4,6,17H2,1H3,(H2,33,34,35,36). The number of allylic oxidation sites excluding steroid dienone is 4. The molecule has 4 aromatic heterocycles. The highest BCUT2D eigenvalue weighted by Gasteiger charge is 2.20. The van der Waals surface area contributed by atoms with Crippen LogP contribution in [0, 0.1) is 6.92 Å². The first-order valence-corrected chi connectivity index (χ1v) is 13.9. The molecule has 0 spiro atoms. The lowest BCUT2D eigenvalue weighted by atomic mass is 10.0. The number of hydrogen-bond donors (Lipinski definition) is 2. The summed E-state index contributed by atoms with van der Waals surface area (Å²) in [4.78, 5) is 19.1. The largest absolute Gasteiger partial charge is 0.465 e. The smallest absolute Gasteiger partial charge is 0.229 e. The molecule has 0 saturated carbocycles. The van der Waals surface area contributed by atoms with Crippen LogP contribution in [0.25, 0.3) is 27.4 Å². The van der Waals surface area contributed by atoms with Crippen molar-refractivity contribution in [3.8, 4) is 10.6 Å². The number of aryl methyl sites for hydroxylation is 1. The van der Waals surface area contributed by atoms with Crippen LogP contribution in [0.1, 0.15) is 29.1 Å². The fraction of sp³-hybridized carbons (Fsp3) is 0.129. The summed E-state index contributed by atoms with van der Waals surface area (Å²) in [7, 11) is 0. The minimum absolute atomic E-state index is 0.525. The Morgan fingerprint density at radius 1 is 1.02 bits per heavy atom. The van der Waals surface area contributed by atoms with Crippen molar-refractivity contribution >= 4 is 39.8 Å². The SMILES string of the molecule is Cc1nccn1Cc1ccc(Nc2nc(-c3ccc(C4=COC=C(C5=CC=CCC5)O4)s3)c3cc[nH]c3n2)cc1. The second kappa shape index (κ2) is 10.3. The van der Waals surface area contributed by atoms with Gasteiger partial charge in [-0.2, -0.15) is 4.98 Å². The van der Waals surface area contributed by atoms with Crippen LogP contribution in [0.2, 0.25) is 0 Å². The number of nitrogens with one attached hydrogen (secondary N) is 2. The van der Waals surface area contributed by atoms with Gasteiger partial charge in [-0.15, -0.1) is 11.3 Å². The molecular formula is C31H26N6O2S. The zero-order valence-corrected chi connectivity index (χ0v) is 22.6. The van der Waals surface area contributed by atoms with Crippen LogP contribution in [0.3, 0.4) is 0 Å². The molecule has 5 heterocycles. The zero-order chi connectivity index (χ0) is 26.9. The average Bonchev–Trinajstić information content (AvgIpc) is 3.76. The third-order valence-electron chi connectivity index (χ3n) is 6.88. The number of hydrogen-bond acceptors (Lipinski definition) is 7. The Balaban J connectivity index is 1.12. The van der Waals surface area contributed by atoms with E-state index in [1.807, 2.05) is 49.8 Å². The quantitative estimate of drug-likeness (QED) is 0.220. The Morgan fingerprint density at radius 3 is 2.73 bits per heavy atom. The number of H-pyrrole nitrogens is 1. The van der Waals surface area contributed by atoms with Gasteiger partial charge >= 0.3 is 0 Å². The van der Waals surface area contributed by atoms with Crippen molar-refractivity contribution in [2.75, 3.05) is 5.32 Å². The summed E-state index contributed by atoms with van der Waals surface area (Å²) < 4.78 is 14.0. The third kappa shape index (κ3) is 4.83. The van der Waals surface area contributed by atoms with Crippen LogP contribution in [0.5, 0.6) is 0 Å². The highest BCUT2D eigenvalue weighted by atomic mass is 32.1. The molecule has 9 heteroatoms. The van der Waals surface area contributed by atoms with Crippen molar-refractivity contribution in [1.29, 1.82) is 0 Å². The molecule has 0 fully saturated rings. The van der Waals surface area contributed by atoms with E-state index in [0.29, 0.717) is 11.7 Å². The predicted octanol–water partition coefficient (Wildman–Crippen LogP) is 7.45. The molecule has 8 nitrogen and oxygen atoms in total. The van der Waals surface area contributed by atoms with Crippen molar-refractivity contribution in [2.24, 2.45) is 0 Å². The number of benzene rings is 1. The number of imidazole rings is 1. The van der Waals surface area contributed by atoms with Gasteiger partial charge in [0.2, 0.25) is 5.95 Å². The second-order valence-electron chi connectivity index (χ2n) is 9.59. The number of aromatic nitrogens is 5. The van der Waals surface area contributed by atoms with Crippen molar-refractivity contribution in [3.63, 3.8) is 0 Å². The zero-order valence-electron chi connectivity index (χ0n) is 21.8. The maximum absolute atomic E-state index is 6.23. The Morgan fingerprint density at radius 2 is 1.90 bits per heavy atom. The van der Waals surface area contributed by atoms with Gasteiger partial charge in [0.15, 0.2) is 11.5 Å². The highest BCUT2D eigenvalue weighted by Crippen LogP contribution is 2.38. The van der Waals surface area contributed by atoms with Gasteiger partial charge in [-0.25, -0.2) is 9.97 Å². The molecule has 0 atom stereocenters. The molecule has 7 rings (SSSR count). The van der Waals surface area contributed by atoms with E-state index in [-0.39, 0.29) is 0 Å². The first-order chi connectivity index (χ1) is 19.7. The molecule has 0 bridgehead atoms. The lowest BCUT2D eigenvalue weighted by Crippen LogP contribution is -2.02. The molecule has 1 aliphatic carbocycles. The maximum atomic E-state index is 6.23. The number of aromatic amines is 1. The van der Waals surface area contributed by atoms with Gasteiger partial charge in [-0.1, -0.05) is 30.4 Å². The summed E-state index contributed by atoms with van der Waals surface area (Å²) in [6, 6.07) is 14.4. The Bertz CT molecular complexity index is 1820. The van der Waals surface area contributed by atoms with Crippen LogP contribution in [-0.2, 0) is 16.0 Å². The van der Waals surface area contributed by atoms with Crippen LogP contribution in [0.15, 0.2) is 103 Å². The van der Waals surface area contributed by atoms with E-state index < -0.39 is 0 Å². The average molecular weight is 547 g/mol. The van der Waals surface area contributed by atoms with E-state index in [2.05, 4.69) is 56.3 Å². The third-order valence-corrected chi connectivity index (χ3v) is 7.99. The van der Waals surface area contributed by atoms with E-state index in [0.717, 1.165) is 68.7 Å². The number of nitrogens with zero attached hydrogens (tertiary/aromatic N) is 4. The lowest BCUT2D eigenvalue weighted by molar-refractivity contribution is 0.286. The van der Waals surface area contributed by atoms with Crippen LogP contribution < -0.4 is 5.32 Å².